The van der Waals surface area contributed by atoms with Gasteiger partial charge in [0.05, 0.1) is 18.8 Å². The van der Waals surface area contributed by atoms with Gasteiger partial charge in [-0.05, 0) is 84.8 Å². The lowest BCUT2D eigenvalue weighted by molar-refractivity contribution is -0.294. The van der Waals surface area contributed by atoms with Crippen molar-refractivity contribution in [1.82, 2.24) is 19.9 Å². The molecule has 1 unspecified atom stereocenters. The van der Waals surface area contributed by atoms with Crippen molar-refractivity contribution in [2.75, 3.05) is 13.1 Å². The van der Waals surface area contributed by atoms with Crippen molar-refractivity contribution in [3.05, 3.63) is 84.1 Å². The first kappa shape index (κ1) is 36.6. The van der Waals surface area contributed by atoms with Crippen LogP contribution in [0, 0.1) is 0 Å². The normalized spacial score (nSPS) is 20.9. The van der Waals surface area contributed by atoms with Crippen molar-refractivity contribution >= 4 is 12.8 Å². The van der Waals surface area contributed by atoms with Gasteiger partial charge in [-0.15, -0.1) is 0 Å². The third-order valence-electron chi connectivity index (χ3n) is 9.81. The summed E-state index contributed by atoms with van der Waals surface area (Å²) in [6, 6.07) is 20.7. The summed E-state index contributed by atoms with van der Waals surface area (Å²) in [7, 11) is 0. The Morgan fingerprint density at radius 2 is 1.13 bits per heavy atom. The number of hydrogen-bond donors (Lipinski definition) is 0. The smallest absolute Gasteiger partial charge is 0.209 e. The van der Waals surface area contributed by atoms with Gasteiger partial charge in [-0.3, -0.25) is 24.3 Å². The number of hydrogen-bond acceptors (Lipinski definition) is 6. The Hall–Kier alpha value is -3.20. The molecule has 0 N–H and O–H groups in total. The number of piperidine rings is 2. The fraction of sp³-hybridized carbons (Fsp3) is 0.590. The molecule has 0 aliphatic carbocycles. The lowest BCUT2D eigenvalue weighted by Gasteiger charge is -2.55. The van der Waals surface area contributed by atoms with E-state index in [0.29, 0.717) is 19.6 Å². The average molecular weight is 647 g/mol. The van der Waals surface area contributed by atoms with Crippen molar-refractivity contribution in [1.29, 1.82) is 0 Å². The van der Waals surface area contributed by atoms with Gasteiger partial charge in [0, 0.05) is 48.4 Å². The molecule has 2 fully saturated rings. The highest BCUT2D eigenvalue weighted by atomic mass is 16.7. The van der Waals surface area contributed by atoms with Crippen LogP contribution < -0.4 is 0 Å². The van der Waals surface area contributed by atoms with Crippen molar-refractivity contribution in [3.8, 4) is 0 Å². The second-order valence-corrected chi connectivity index (χ2v) is 15.3. The monoisotopic (exact) mass is 646 g/mol. The number of hydroxylamine groups is 4. The zero-order valence-corrected chi connectivity index (χ0v) is 29.7. The summed E-state index contributed by atoms with van der Waals surface area (Å²) in [5, 5.41) is 4.10. The first-order valence-corrected chi connectivity index (χ1v) is 17.4. The molecular weight excluding hydrogens is 588 g/mol. The predicted octanol–water partition coefficient (Wildman–Crippen LogP) is 7.51. The molecule has 0 radical (unpaired) electrons. The van der Waals surface area contributed by atoms with E-state index in [0.717, 1.165) is 87.7 Å². The quantitative estimate of drug-likeness (QED) is 0.131. The van der Waals surface area contributed by atoms with Gasteiger partial charge >= 0.3 is 0 Å². The molecule has 8 nitrogen and oxygen atoms in total. The van der Waals surface area contributed by atoms with Crippen LogP contribution in [-0.4, -0.2) is 74.5 Å². The lowest BCUT2D eigenvalue weighted by Crippen LogP contribution is -2.63. The van der Waals surface area contributed by atoms with Crippen LogP contribution in [0.2, 0.25) is 0 Å². The SMILES string of the molecule is C=C1CC(N(C=O)CCCCCCN(C=O)C2CC(C)(C)N(OCc3ccccc3)C(C)(C)C2)CC(C)(C)N1OCc1ccccc1. The Labute approximate surface area is 283 Å². The van der Waals surface area contributed by atoms with Crippen molar-refractivity contribution in [2.45, 2.75) is 135 Å². The van der Waals surface area contributed by atoms with E-state index in [9.17, 15) is 9.59 Å². The molecule has 4 rings (SSSR count). The van der Waals surface area contributed by atoms with Crippen molar-refractivity contribution in [3.63, 3.8) is 0 Å². The molecular formula is C39H58N4O4. The van der Waals surface area contributed by atoms with Crippen molar-refractivity contribution in [2.24, 2.45) is 0 Å². The van der Waals surface area contributed by atoms with Gasteiger partial charge in [0.2, 0.25) is 12.8 Å². The minimum Gasteiger partial charge on any atom is -0.342 e. The molecule has 0 spiro atoms. The molecule has 0 saturated carbocycles. The zero-order chi connectivity index (χ0) is 34.1. The number of unbranched alkanes of at least 4 members (excludes halogenated alkanes) is 3. The molecule has 0 bridgehead atoms. The fourth-order valence-electron chi connectivity index (χ4n) is 7.82. The zero-order valence-electron chi connectivity index (χ0n) is 29.7. The second kappa shape index (κ2) is 16.3. The largest absolute Gasteiger partial charge is 0.342 e. The van der Waals surface area contributed by atoms with E-state index in [1.807, 2.05) is 51.3 Å². The summed E-state index contributed by atoms with van der Waals surface area (Å²) in [5.74, 6) is 0. The number of nitrogens with zero attached hydrogens (tertiary/aromatic N) is 4. The van der Waals surface area contributed by atoms with Crippen LogP contribution in [0.5, 0.6) is 0 Å². The highest BCUT2D eigenvalue weighted by Gasteiger charge is 2.48. The maximum absolute atomic E-state index is 12.3. The summed E-state index contributed by atoms with van der Waals surface area (Å²) in [4.78, 5) is 41.0. The highest BCUT2D eigenvalue weighted by molar-refractivity contribution is 5.48. The fourth-order valence-corrected chi connectivity index (χ4v) is 7.82. The maximum Gasteiger partial charge on any atom is 0.209 e. The molecule has 2 aliphatic heterocycles. The van der Waals surface area contributed by atoms with Gasteiger partial charge in [0.15, 0.2) is 0 Å². The molecule has 2 aromatic rings. The lowest BCUT2D eigenvalue weighted by atomic mass is 9.78. The molecule has 2 aliphatic rings. The Kier molecular flexibility index (Phi) is 12.7. The standard InChI is InChI=1S/C39H58N4O4/c1-32-24-35(25-37(2,3)42(32)46-28-33-18-12-10-13-19-33)40(30-44)22-16-8-9-17-23-41(31-45)36-26-38(4,5)43(39(6,7)27-36)47-29-34-20-14-11-15-21-34/h10-15,18-21,30-31,35-36H,1,8-9,16-17,22-29H2,2-7H3. The van der Waals surface area contributed by atoms with Gasteiger partial charge in [-0.1, -0.05) is 80.1 Å². The van der Waals surface area contributed by atoms with E-state index in [4.69, 9.17) is 9.68 Å². The Bertz CT molecular complexity index is 1260. The van der Waals surface area contributed by atoms with Crippen LogP contribution in [0.25, 0.3) is 0 Å². The predicted molar refractivity (Wildman–Crippen MR) is 188 cm³/mol. The molecule has 8 heteroatoms. The van der Waals surface area contributed by atoms with Crippen LogP contribution in [0.4, 0.5) is 0 Å². The second-order valence-electron chi connectivity index (χ2n) is 15.3. The molecule has 2 aromatic carbocycles. The van der Waals surface area contributed by atoms with Crippen LogP contribution in [0.15, 0.2) is 72.9 Å². The molecule has 47 heavy (non-hydrogen) atoms. The topological polar surface area (TPSA) is 65.6 Å². The van der Waals surface area contributed by atoms with E-state index in [-0.39, 0.29) is 28.7 Å². The first-order chi connectivity index (χ1) is 22.4. The van der Waals surface area contributed by atoms with Crippen LogP contribution in [0.1, 0.15) is 104 Å². The summed E-state index contributed by atoms with van der Waals surface area (Å²) in [5.41, 5.74) is 2.46. The summed E-state index contributed by atoms with van der Waals surface area (Å²) >= 11 is 0. The van der Waals surface area contributed by atoms with Gasteiger partial charge in [-0.2, -0.15) is 5.06 Å². The van der Waals surface area contributed by atoms with Crippen LogP contribution in [0.3, 0.4) is 0 Å². The molecule has 2 saturated heterocycles. The third-order valence-corrected chi connectivity index (χ3v) is 9.81. The Balaban J connectivity index is 1.19. The van der Waals surface area contributed by atoms with Crippen LogP contribution >= 0.6 is 0 Å². The van der Waals surface area contributed by atoms with E-state index in [1.54, 1.807) is 0 Å². The molecule has 2 heterocycles. The van der Waals surface area contributed by atoms with E-state index in [2.05, 4.69) is 77.5 Å². The summed E-state index contributed by atoms with van der Waals surface area (Å²) < 4.78 is 0. The summed E-state index contributed by atoms with van der Waals surface area (Å²) in [6.07, 6.45) is 9.20. The van der Waals surface area contributed by atoms with Gasteiger partial charge in [0.25, 0.3) is 0 Å². The maximum atomic E-state index is 12.3. The number of carbonyl (C=O) groups excluding carboxylic acids is 2. The minimum absolute atomic E-state index is 0.103. The van der Waals surface area contributed by atoms with E-state index >= 15 is 0 Å². The van der Waals surface area contributed by atoms with E-state index in [1.165, 1.54) is 0 Å². The molecule has 2 amide bonds. The number of carbonyl (C=O) groups is 2. The Morgan fingerprint density at radius 3 is 1.60 bits per heavy atom. The molecule has 0 aromatic heterocycles. The first-order valence-electron chi connectivity index (χ1n) is 17.4. The number of rotatable bonds is 17. The van der Waals surface area contributed by atoms with Crippen LogP contribution in [-0.2, 0) is 32.5 Å². The number of benzene rings is 2. The number of amides is 2. The molecule has 1 atom stereocenters. The highest BCUT2D eigenvalue weighted by Crippen LogP contribution is 2.41. The van der Waals surface area contributed by atoms with E-state index < -0.39 is 0 Å². The summed E-state index contributed by atoms with van der Waals surface area (Å²) in [6.45, 7) is 20.0. The Morgan fingerprint density at radius 1 is 0.681 bits per heavy atom. The van der Waals surface area contributed by atoms with Gasteiger partial charge in [-0.25, -0.2) is 0 Å². The van der Waals surface area contributed by atoms with Gasteiger partial charge < -0.3 is 9.80 Å². The van der Waals surface area contributed by atoms with Gasteiger partial charge in [0.1, 0.15) is 0 Å². The average Bonchev–Trinajstić information content (AvgIpc) is 3.01. The van der Waals surface area contributed by atoms with Crippen molar-refractivity contribution < 1.29 is 19.3 Å². The third kappa shape index (κ3) is 9.91. The minimum atomic E-state index is -0.276. The molecule has 258 valence electrons.